The summed E-state index contributed by atoms with van der Waals surface area (Å²) in [5.41, 5.74) is -3.41. The van der Waals surface area contributed by atoms with Gasteiger partial charge in [-0.15, -0.1) is 0 Å². The van der Waals surface area contributed by atoms with Gasteiger partial charge in [0.05, 0.1) is 5.92 Å². The Morgan fingerprint density at radius 1 is 0.837 bits per heavy atom. The third-order valence-electron chi connectivity index (χ3n) is 7.99. The molecule has 12 heteroatoms. The summed E-state index contributed by atoms with van der Waals surface area (Å²) < 4.78 is 79.3. The first-order chi connectivity index (χ1) is 20.1. The largest absolute Gasteiger partial charge is 0.481 e. The predicted molar refractivity (Wildman–Crippen MR) is 148 cm³/mol. The molecule has 1 fully saturated rings. The van der Waals surface area contributed by atoms with Gasteiger partial charge in [-0.1, -0.05) is 62.4 Å². The van der Waals surface area contributed by atoms with E-state index in [4.69, 9.17) is 0 Å². The summed E-state index contributed by atoms with van der Waals surface area (Å²) in [6.45, 7) is 6.85. The summed E-state index contributed by atoms with van der Waals surface area (Å²) in [7, 11) is 0. The van der Waals surface area contributed by atoms with E-state index in [2.05, 4.69) is 14.8 Å². The summed E-state index contributed by atoms with van der Waals surface area (Å²) in [5.74, 6) is -1.58. The molecule has 1 aliphatic heterocycles. The molecule has 2 aromatic carbocycles. The molecule has 3 aromatic rings. The topological polar surface area (TPSA) is 76.9 Å². The normalized spacial score (nSPS) is 18.1. The van der Waals surface area contributed by atoms with Crippen LogP contribution in [0.2, 0.25) is 0 Å². The lowest BCUT2D eigenvalue weighted by atomic mass is 9.85. The van der Waals surface area contributed by atoms with Crippen molar-refractivity contribution in [2.24, 2.45) is 11.8 Å². The molecule has 0 amide bonds. The summed E-state index contributed by atoms with van der Waals surface area (Å²) in [4.78, 5) is 20.7. The second kappa shape index (κ2) is 12.6. The fraction of sp³-hybridized carbons (Fsp3) is 0.419. The molecule has 0 spiro atoms. The number of rotatable bonds is 9. The third kappa shape index (κ3) is 7.02. The molecular formula is C31H33F6N3O3. The number of hydrogen-bond acceptors (Lipinski definition) is 5. The number of hydrogen-bond donors (Lipinski definition) is 2. The van der Waals surface area contributed by atoms with E-state index >= 15 is 0 Å². The highest BCUT2D eigenvalue weighted by atomic mass is 19.4. The average molecular weight is 610 g/mol. The van der Waals surface area contributed by atoms with E-state index in [0.717, 1.165) is 29.8 Å². The first-order valence-electron chi connectivity index (χ1n) is 13.8. The van der Waals surface area contributed by atoms with Crippen LogP contribution in [0.1, 0.15) is 30.5 Å². The van der Waals surface area contributed by atoms with Crippen LogP contribution in [-0.4, -0.2) is 69.0 Å². The lowest BCUT2D eigenvalue weighted by Gasteiger charge is -2.45. The van der Waals surface area contributed by atoms with Crippen molar-refractivity contribution in [3.05, 3.63) is 89.7 Å². The molecule has 2 atom stereocenters. The quantitative estimate of drug-likeness (QED) is 0.286. The maximum Gasteiger partial charge on any atom is 0.430 e. The number of benzene rings is 2. The van der Waals surface area contributed by atoms with Crippen molar-refractivity contribution in [3.8, 4) is 11.1 Å². The number of carbonyl (C=O) groups is 1. The Hall–Kier alpha value is -3.48. The van der Waals surface area contributed by atoms with Crippen molar-refractivity contribution in [1.29, 1.82) is 0 Å². The first-order valence-corrected chi connectivity index (χ1v) is 13.8. The van der Waals surface area contributed by atoms with E-state index in [-0.39, 0.29) is 12.0 Å². The Kier molecular flexibility index (Phi) is 9.53. The SMILES string of the molecule is CC(C)C(C(=O)O)C1CN(Cc2ccncc2)CCN1Cc1ccc(-c2ccc(C(O)(C(F)(F)F)C(F)(F)F)cc2)cc1. The van der Waals surface area contributed by atoms with Crippen molar-refractivity contribution in [3.63, 3.8) is 0 Å². The molecule has 0 aliphatic carbocycles. The van der Waals surface area contributed by atoms with Crippen LogP contribution >= 0.6 is 0 Å². The molecule has 232 valence electrons. The van der Waals surface area contributed by atoms with Gasteiger partial charge in [-0.25, -0.2) is 0 Å². The number of carboxylic acids is 1. The van der Waals surface area contributed by atoms with Crippen LogP contribution in [0.4, 0.5) is 26.3 Å². The molecule has 1 aliphatic rings. The first kappa shape index (κ1) is 32.4. The molecule has 6 nitrogen and oxygen atoms in total. The molecule has 1 aromatic heterocycles. The van der Waals surface area contributed by atoms with Crippen LogP contribution in [0, 0.1) is 11.8 Å². The molecular weight excluding hydrogens is 576 g/mol. The number of aliphatic carboxylic acids is 1. The number of pyridine rings is 1. The van der Waals surface area contributed by atoms with Crippen molar-refractivity contribution in [2.45, 2.75) is 50.9 Å². The van der Waals surface area contributed by atoms with E-state index in [0.29, 0.717) is 49.4 Å². The fourth-order valence-corrected chi connectivity index (χ4v) is 5.66. The number of nitrogens with zero attached hydrogens (tertiary/aromatic N) is 3. The Morgan fingerprint density at radius 2 is 1.35 bits per heavy atom. The van der Waals surface area contributed by atoms with Gasteiger partial charge in [0.2, 0.25) is 0 Å². The van der Waals surface area contributed by atoms with Crippen LogP contribution in [0.25, 0.3) is 11.1 Å². The molecule has 43 heavy (non-hydrogen) atoms. The predicted octanol–water partition coefficient (Wildman–Crippen LogP) is 6.10. The number of aromatic nitrogens is 1. The summed E-state index contributed by atoms with van der Waals surface area (Å²) in [5, 5.41) is 19.7. The molecule has 4 rings (SSSR count). The van der Waals surface area contributed by atoms with Gasteiger partial charge in [0.15, 0.2) is 0 Å². The van der Waals surface area contributed by atoms with Crippen molar-refractivity contribution in [2.75, 3.05) is 19.6 Å². The second-order valence-electron chi connectivity index (χ2n) is 11.2. The zero-order valence-corrected chi connectivity index (χ0v) is 23.6. The van der Waals surface area contributed by atoms with E-state index in [1.54, 1.807) is 36.7 Å². The summed E-state index contributed by atoms with van der Waals surface area (Å²) in [6.07, 6.45) is -8.46. The molecule has 0 saturated carbocycles. The average Bonchev–Trinajstić information content (AvgIpc) is 2.93. The smallest absolute Gasteiger partial charge is 0.430 e. The van der Waals surface area contributed by atoms with Gasteiger partial charge < -0.3 is 10.2 Å². The van der Waals surface area contributed by atoms with Gasteiger partial charge in [0, 0.05) is 56.7 Å². The minimum Gasteiger partial charge on any atom is -0.481 e. The van der Waals surface area contributed by atoms with Crippen LogP contribution in [0.15, 0.2) is 73.1 Å². The van der Waals surface area contributed by atoms with Crippen molar-refractivity contribution < 1.29 is 41.4 Å². The fourth-order valence-electron chi connectivity index (χ4n) is 5.66. The van der Waals surface area contributed by atoms with Gasteiger partial charge in [-0.3, -0.25) is 19.6 Å². The van der Waals surface area contributed by atoms with Crippen LogP contribution in [0.3, 0.4) is 0 Å². The van der Waals surface area contributed by atoms with E-state index in [1.165, 1.54) is 0 Å². The molecule has 0 radical (unpaired) electrons. The monoisotopic (exact) mass is 609 g/mol. The zero-order chi connectivity index (χ0) is 31.6. The van der Waals surface area contributed by atoms with E-state index in [9.17, 15) is 41.4 Å². The maximum absolute atomic E-state index is 13.2. The van der Waals surface area contributed by atoms with Crippen molar-refractivity contribution >= 4 is 5.97 Å². The number of aliphatic hydroxyl groups is 1. The molecule has 2 unspecified atom stereocenters. The van der Waals surface area contributed by atoms with Crippen LogP contribution in [0.5, 0.6) is 0 Å². The highest BCUT2D eigenvalue weighted by Gasteiger charge is 2.71. The minimum atomic E-state index is -5.95. The number of piperazine rings is 1. The lowest BCUT2D eigenvalue weighted by Crippen LogP contribution is -2.57. The lowest BCUT2D eigenvalue weighted by molar-refractivity contribution is -0.376. The van der Waals surface area contributed by atoms with Crippen LogP contribution in [-0.2, 0) is 23.5 Å². The highest BCUT2D eigenvalue weighted by Crippen LogP contribution is 2.50. The highest BCUT2D eigenvalue weighted by molar-refractivity contribution is 5.71. The third-order valence-corrected chi connectivity index (χ3v) is 7.99. The van der Waals surface area contributed by atoms with Gasteiger partial charge in [-0.05, 0) is 40.3 Å². The number of alkyl halides is 6. The zero-order valence-electron chi connectivity index (χ0n) is 23.6. The van der Waals surface area contributed by atoms with Gasteiger partial charge in [0.1, 0.15) is 0 Å². The minimum absolute atomic E-state index is 0.108. The number of halogens is 6. The van der Waals surface area contributed by atoms with Gasteiger partial charge in [0.25, 0.3) is 5.60 Å². The van der Waals surface area contributed by atoms with Gasteiger partial charge >= 0.3 is 18.3 Å². The molecule has 2 heterocycles. The maximum atomic E-state index is 13.2. The van der Waals surface area contributed by atoms with Gasteiger partial charge in [-0.2, -0.15) is 26.3 Å². The standard InChI is InChI=1S/C31H33F6N3O3/c1-20(2)27(28(41)42)26-19-39(17-22-11-13-38-14-12-22)15-16-40(26)18-21-3-5-23(6-4-21)24-7-9-25(10-8-24)29(43,30(32,33)34)31(35,36)37/h3-14,20,26-27,43H,15-19H2,1-2H3,(H,41,42). The number of carboxylic acid groups (broad SMARTS) is 1. The van der Waals surface area contributed by atoms with E-state index in [1.807, 2.05) is 26.0 Å². The Labute approximate surface area is 245 Å². The molecule has 0 bridgehead atoms. The Balaban J connectivity index is 1.51. The van der Waals surface area contributed by atoms with Crippen molar-refractivity contribution in [1.82, 2.24) is 14.8 Å². The van der Waals surface area contributed by atoms with Crippen LogP contribution < -0.4 is 0 Å². The van der Waals surface area contributed by atoms with E-state index < -0.39 is 35.4 Å². The molecule has 1 saturated heterocycles. The summed E-state index contributed by atoms with van der Waals surface area (Å²) in [6, 6.07) is 14.1. The summed E-state index contributed by atoms with van der Waals surface area (Å²) >= 11 is 0. The Morgan fingerprint density at radius 3 is 1.84 bits per heavy atom. The second-order valence-corrected chi connectivity index (χ2v) is 11.2. The Bertz CT molecular complexity index is 1350. The molecule has 2 N–H and O–H groups in total.